The molecule has 0 saturated heterocycles. The molecular formula is C34H36FN3O6S. The molecule has 4 aromatic rings. The van der Waals surface area contributed by atoms with Crippen LogP contribution < -0.4 is 19.1 Å². The summed E-state index contributed by atoms with van der Waals surface area (Å²) >= 11 is 0. The van der Waals surface area contributed by atoms with Crippen molar-refractivity contribution in [3.63, 3.8) is 0 Å². The fourth-order valence-corrected chi connectivity index (χ4v) is 6.31. The van der Waals surface area contributed by atoms with Gasteiger partial charge in [-0.15, -0.1) is 0 Å². The molecule has 0 fully saturated rings. The van der Waals surface area contributed by atoms with E-state index >= 15 is 0 Å². The van der Waals surface area contributed by atoms with E-state index in [1.165, 1.54) is 55.5 Å². The van der Waals surface area contributed by atoms with Crippen molar-refractivity contribution in [1.82, 2.24) is 10.2 Å². The second-order valence-electron chi connectivity index (χ2n) is 10.1. The maximum absolute atomic E-state index is 15.0. The van der Waals surface area contributed by atoms with Crippen LogP contribution in [0.1, 0.15) is 18.1 Å². The number of para-hydroxylation sites is 1. The molecule has 45 heavy (non-hydrogen) atoms. The monoisotopic (exact) mass is 633 g/mol. The largest absolute Gasteiger partial charge is 0.493 e. The molecule has 236 valence electrons. The summed E-state index contributed by atoms with van der Waals surface area (Å²) < 4.78 is 54.9. The Bertz CT molecular complexity index is 1700. The third-order valence-corrected chi connectivity index (χ3v) is 8.96. The summed E-state index contributed by atoms with van der Waals surface area (Å²) in [5.41, 5.74) is 1.18. The first-order valence-electron chi connectivity index (χ1n) is 14.3. The standard InChI is InChI=1S/C34H36FN3O6S/c1-4-36-34(40)30(21-25-13-7-5-8-14-25)37(23-26-15-11-12-18-29(26)35)33(39)24-38(27-16-9-6-10-17-27)45(41,42)28-19-20-31(43-2)32(22-28)44-3/h5-20,22,30H,4,21,23-24H2,1-3H3,(H,36,40)/t30-/m1/s1. The molecule has 0 heterocycles. The minimum absolute atomic E-state index is 0.126. The highest BCUT2D eigenvalue weighted by Crippen LogP contribution is 2.32. The first kappa shape index (κ1) is 33.0. The number of benzene rings is 4. The maximum Gasteiger partial charge on any atom is 0.264 e. The number of ether oxygens (including phenoxy) is 2. The van der Waals surface area contributed by atoms with E-state index in [0.717, 1.165) is 9.87 Å². The van der Waals surface area contributed by atoms with Crippen molar-refractivity contribution in [2.24, 2.45) is 0 Å². The van der Waals surface area contributed by atoms with Gasteiger partial charge in [-0.3, -0.25) is 13.9 Å². The Kier molecular flexibility index (Phi) is 11.2. The Morgan fingerprint density at radius 3 is 2.09 bits per heavy atom. The average molecular weight is 634 g/mol. The molecule has 9 nitrogen and oxygen atoms in total. The normalized spacial score (nSPS) is 11.7. The molecule has 1 N–H and O–H groups in total. The van der Waals surface area contributed by atoms with Crippen molar-refractivity contribution in [2.45, 2.75) is 30.8 Å². The van der Waals surface area contributed by atoms with Crippen LogP contribution in [0.15, 0.2) is 108 Å². The van der Waals surface area contributed by atoms with Crippen molar-refractivity contribution in [2.75, 3.05) is 31.6 Å². The van der Waals surface area contributed by atoms with Crippen LogP contribution in [-0.4, -0.2) is 58.5 Å². The zero-order valence-electron chi connectivity index (χ0n) is 25.4. The Hall–Kier alpha value is -4.90. The first-order chi connectivity index (χ1) is 21.7. The summed E-state index contributed by atoms with van der Waals surface area (Å²) in [6, 6.07) is 26.3. The van der Waals surface area contributed by atoms with Gasteiger partial charge in [0.2, 0.25) is 11.8 Å². The van der Waals surface area contributed by atoms with Gasteiger partial charge >= 0.3 is 0 Å². The Balaban J connectivity index is 1.81. The van der Waals surface area contributed by atoms with Crippen molar-refractivity contribution >= 4 is 27.5 Å². The lowest BCUT2D eigenvalue weighted by Gasteiger charge is -2.34. The third-order valence-electron chi connectivity index (χ3n) is 7.19. The highest BCUT2D eigenvalue weighted by Gasteiger charge is 2.35. The lowest BCUT2D eigenvalue weighted by molar-refractivity contribution is -0.140. The number of hydrogen-bond donors (Lipinski definition) is 1. The fourth-order valence-electron chi connectivity index (χ4n) is 4.88. The number of nitrogens with zero attached hydrogens (tertiary/aromatic N) is 2. The number of hydrogen-bond acceptors (Lipinski definition) is 6. The molecule has 1 atom stereocenters. The van der Waals surface area contributed by atoms with E-state index in [1.807, 2.05) is 30.3 Å². The van der Waals surface area contributed by atoms with Gasteiger partial charge in [-0.05, 0) is 42.8 Å². The van der Waals surface area contributed by atoms with Gasteiger partial charge in [0.1, 0.15) is 18.4 Å². The topological polar surface area (TPSA) is 105 Å². The SMILES string of the molecule is CCNC(=O)[C@@H](Cc1ccccc1)N(Cc1ccccc1F)C(=O)CN(c1ccccc1)S(=O)(=O)c1ccc(OC)c(OC)c1. The summed E-state index contributed by atoms with van der Waals surface area (Å²) in [6.07, 6.45) is 0.126. The Morgan fingerprint density at radius 1 is 0.844 bits per heavy atom. The number of methoxy groups -OCH3 is 2. The van der Waals surface area contributed by atoms with E-state index < -0.39 is 40.2 Å². The minimum Gasteiger partial charge on any atom is -0.493 e. The van der Waals surface area contributed by atoms with Gasteiger partial charge in [-0.25, -0.2) is 12.8 Å². The van der Waals surface area contributed by atoms with E-state index in [1.54, 1.807) is 43.3 Å². The number of rotatable bonds is 14. The van der Waals surface area contributed by atoms with E-state index in [-0.39, 0.29) is 34.9 Å². The van der Waals surface area contributed by atoms with Gasteiger partial charge < -0.3 is 19.7 Å². The van der Waals surface area contributed by atoms with E-state index in [2.05, 4.69) is 5.32 Å². The Labute approximate surface area is 263 Å². The molecule has 0 unspecified atom stereocenters. The number of halogens is 1. The highest BCUT2D eigenvalue weighted by atomic mass is 32.2. The molecule has 0 aliphatic rings. The van der Waals surface area contributed by atoms with Crippen LogP contribution in [0, 0.1) is 5.82 Å². The molecule has 0 bridgehead atoms. The maximum atomic E-state index is 15.0. The molecule has 4 aromatic carbocycles. The van der Waals surface area contributed by atoms with Crippen LogP contribution in [0.4, 0.5) is 10.1 Å². The smallest absolute Gasteiger partial charge is 0.264 e. The highest BCUT2D eigenvalue weighted by molar-refractivity contribution is 7.92. The minimum atomic E-state index is -4.36. The van der Waals surface area contributed by atoms with Crippen LogP contribution in [0.5, 0.6) is 11.5 Å². The average Bonchev–Trinajstić information content (AvgIpc) is 3.06. The molecule has 0 spiro atoms. The second kappa shape index (κ2) is 15.2. The van der Waals surface area contributed by atoms with Crippen molar-refractivity contribution < 1.29 is 31.9 Å². The molecule has 2 amide bonds. The number of sulfonamides is 1. The van der Waals surface area contributed by atoms with E-state index in [4.69, 9.17) is 9.47 Å². The molecule has 0 radical (unpaired) electrons. The van der Waals surface area contributed by atoms with Gasteiger partial charge in [0.25, 0.3) is 10.0 Å². The van der Waals surface area contributed by atoms with E-state index in [0.29, 0.717) is 12.3 Å². The first-order valence-corrected chi connectivity index (χ1v) is 15.8. The lowest BCUT2D eigenvalue weighted by atomic mass is 10.0. The van der Waals surface area contributed by atoms with Crippen LogP contribution >= 0.6 is 0 Å². The molecule has 4 rings (SSSR count). The second-order valence-corrected chi connectivity index (χ2v) is 11.9. The fraction of sp³-hybridized carbons (Fsp3) is 0.235. The van der Waals surface area contributed by atoms with Crippen molar-refractivity contribution in [3.05, 3.63) is 120 Å². The number of amides is 2. The summed E-state index contributed by atoms with van der Waals surface area (Å²) in [4.78, 5) is 29.0. The molecule has 0 aliphatic carbocycles. The number of carbonyl (C=O) groups excluding carboxylic acids is 2. The van der Waals surface area contributed by atoms with Crippen LogP contribution in [0.25, 0.3) is 0 Å². The van der Waals surface area contributed by atoms with Gasteiger partial charge in [0, 0.05) is 31.1 Å². The summed E-state index contributed by atoms with van der Waals surface area (Å²) in [7, 11) is -1.53. The summed E-state index contributed by atoms with van der Waals surface area (Å²) in [6.45, 7) is 1.13. The zero-order chi connectivity index (χ0) is 32.4. The Morgan fingerprint density at radius 2 is 1.47 bits per heavy atom. The molecule has 0 saturated carbocycles. The van der Waals surface area contributed by atoms with Crippen molar-refractivity contribution in [3.8, 4) is 11.5 Å². The van der Waals surface area contributed by atoms with Gasteiger partial charge in [-0.1, -0.05) is 66.7 Å². The van der Waals surface area contributed by atoms with Gasteiger partial charge in [0.15, 0.2) is 11.5 Å². The molecule has 0 aliphatic heterocycles. The quantitative estimate of drug-likeness (QED) is 0.214. The summed E-state index contributed by atoms with van der Waals surface area (Å²) in [5.74, 6) is -1.17. The predicted molar refractivity (Wildman–Crippen MR) is 170 cm³/mol. The predicted octanol–water partition coefficient (Wildman–Crippen LogP) is 4.81. The van der Waals surface area contributed by atoms with E-state index in [9.17, 15) is 22.4 Å². The molecular weight excluding hydrogens is 597 g/mol. The van der Waals surface area contributed by atoms with Crippen LogP contribution in [0.3, 0.4) is 0 Å². The lowest BCUT2D eigenvalue weighted by Crippen LogP contribution is -2.53. The number of nitrogens with one attached hydrogen (secondary N) is 1. The third kappa shape index (κ3) is 7.98. The van der Waals surface area contributed by atoms with Gasteiger partial charge in [0.05, 0.1) is 24.8 Å². The van der Waals surface area contributed by atoms with Crippen LogP contribution in [-0.2, 0) is 32.6 Å². The van der Waals surface area contributed by atoms with Crippen molar-refractivity contribution in [1.29, 1.82) is 0 Å². The van der Waals surface area contributed by atoms with Gasteiger partial charge in [-0.2, -0.15) is 0 Å². The van der Waals surface area contributed by atoms with Crippen LogP contribution in [0.2, 0.25) is 0 Å². The zero-order valence-corrected chi connectivity index (χ0v) is 26.2. The molecule has 0 aromatic heterocycles. The number of anilines is 1. The number of carbonyl (C=O) groups is 2. The number of likely N-dealkylation sites (N-methyl/N-ethyl adjacent to an activating group) is 1. The summed E-state index contributed by atoms with van der Waals surface area (Å²) in [5, 5.41) is 2.78. The molecule has 11 heteroatoms.